The molecule has 0 spiro atoms. The Bertz CT molecular complexity index is 2260. The third kappa shape index (κ3) is 5.04. The molecule has 1 aromatic heterocycles. The van der Waals surface area contributed by atoms with Crippen molar-refractivity contribution in [2.75, 3.05) is 10.2 Å². The van der Waals surface area contributed by atoms with E-state index >= 15 is 0 Å². The van der Waals surface area contributed by atoms with Crippen molar-refractivity contribution in [1.29, 1.82) is 0 Å². The number of allylic oxidation sites excluding steroid dienone is 4. The van der Waals surface area contributed by atoms with Crippen LogP contribution in [0.3, 0.4) is 0 Å². The Morgan fingerprint density at radius 2 is 1.36 bits per heavy atom. The molecule has 7 aromatic rings. The molecule has 2 nitrogen and oxygen atoms in total. The Hall–Kier alpha value is -5.64. The molecule has 6 aromatic carbocycles. The fraction of sp³-hybridized carbons (Fsp3) is 0. The summed E-state index contributed by atoms with van der Waals surface area (Å²) in [6.45, 7) is 4.49. The number of benzene rings is 6. The van der Waals surface area contributed by atoms with Gasteiger partial charge in [-0.3, -0.25) is 0 Å². The van der Waals surface area contributed by atoms with Gasteiger partial charge in [0, 0.05) is 54.6 Å². The number of hydrogen-bond acceptors (Lipinski definition) is 3. The molecule has 8 rings (SSSR count). The minimum Gasteiger partial charge on any atom is -0.355 e. The highest BCUT2D eigenvalue weighted by Crippen LogP contribution is 2.45. The standard InChI is InChI=1S/C42H30N2S/c1-29-13-10-11-26-44(34-18-6-3-7-19-34)39-24-23-36-37-28-32(22-25-40(37)45-42(36)41(29)39)31-16-12-17-33(27-31)43-38-21-9-8-20-35(38)30-14-4-2-5-15-30/h2-28,43H,1H2/b13-10-,26-11-. The van der Waals surface area contributed by atoms with E-state index in [1.807, 2.05) is 11.3 Å². The number of thiophene rings is 1. The van der Waals surface area contributed by atoms with Gasteiger partial charge in [-0.1, -0.05) is 110 Å². The molecule has 0 saturated carbocycles. The summed E-state index contributed by atoms with van der Waals surface area (Å²) < 4.78 is 2.53. The largest absolute Gasteiger partial charge is 0.355 e. The summed E-state index contributed by atoms with van der Waals surface area (Å²) >= 11 is 1.84. The van der Waals surface area contributed by atoms with Gasteiger partial charge in [-0.25, -0.2) is 0 Å². The first kappa shape index (κ1) is 26.9. The predicted molar refractivity (Wildman–Crippen MR) is 196 cm³/mol. The highest BCUT2D eigenvalue weighted by atomic mass is 32.1. The van der Waals surface area contributed by atoms with E-state index in [1.54, 1.807) is 0 Å². The van der Waals surface area contributed by atoms with Crippen LogP contribution in [-0.4, -0.2) is 0 Å². The van der Waals surface area contributed by atoms with E-state index < -0.39 is 0 Å². The number of fused-ring (bicyclic) bond motifs is 5. The van der Waals surface area contributed by atoms with Gasteiger partial charge in [-0.2, -0.15) is 0 Å². The number of para-hydroxylation sites is 2. The van der Waals surface area contributed by atoms with Crippen molar-refractivity contribution in [2.45, 2.75) is 0 Å². The van der Waals surface area contributed by atoms with Gasteiger partial charge in [0.2, 0.25) is 0 Å². The minimum absolute atomic E-state index is 1.02. The molecule has 1 aliphatic heterocycles. The highest BCUT2D eigenvalue weighted by Gasteiger charge is 2.20. The Morgan fingerprint density at radius 3 is 2.22 bits per heavy atom. The summed E-state index contributed by atoms with van der Waals surface area (Å²) in [7, 11) is 0. The van der Waals surface area contributed by atoms with Crippen molar-refractivity contribution in [2.24, 2.45) is 0 Å². The van der Waals surface area contributed by atoms with E-state index in [4.69, 9.17) is 0 Å². The fourth-order valence-electron chi connectivity index (χ4n) is 6.20. The fourth-order valence-corrected chi connectivity index (χ4v) is 7.46. The Kier molecular flexibility index (Phi) is 6.86. The lowest BCUT2D eigenvalue weighted by atomic mass is 9.98. The average molecular weight is 595 g/mol. The lowest BCUT2D eigenvalue weighted by Gasteiger charge is -2.25. The zero-order chi connectivity index (χ0) is 30.2. The van der Waals surface area contributed by atoms with Crippen molar-refractivity contribution < 1.29 is 0 Å². The molecule has 0 saturated heterocycles. The van der Waals surface area contributed by atoms with Crippen molar-refractivity contribution >= 4 is 59.8 Å². The maximum absolute atomic E-state index is 4.49. The van der Waals surface area contributed by atoms with Gasteiger partial charge in [-0.15, -0.1) is 11.3 Å². The van der Waals surface area contributed by atoms with Crippen LogP contribution in [0, 0.1) is 0 Å². The van der Waals surface area contributed by atoms with Crippen molar-refractivity contribution in [3.63, 3.8) is 0 Å². The second kappa shape index (κ2) is 11.5. The van der Waals surface area contributed by atoms with Crippen LogP contribution >= 0.6 is 11.3 Å². The van der Waals surface area contributed by atoms with Crippen LogP contribution in [0.15, 0.2) is 171 Å². The Morgan fingerprint density at radius 1 is 0.600 bits per heavy atom. The minimum atomic E-state index is 1.02. The van der Waals surface area contributed by atoms with E-state index in [9.17, 15) is 0 Å². The number of nitrogens with one attached hydrogen (secondary N) is 1. The summed E-state index contributed by atoms with van der Waals surface area (Å²) in [6, 6.07) is 49.6. The second-order valence-corrected chi connectivity index (χ2v) is 12.3. The first-order valence-corrected chi connectivity index (χ1v) is 15.9. The van der Waals surface area contributed by atoms with Crippen LogP contribution in [0.5, 0.6) is 0 Å². The monoisotopic (exact) mass is 594 g/mol. The molecule has 0 fully saturated rings. The molecular formula is C42H30N2S. The normalized spacial score (nSPS) is 14.1. The van der Waals surface area contributed by atoms with E-state index in [0.717, 1.165) is 28.3 Å². The van der Waals surface area contributed by atoms with Gasteiger partial charge in [-0.05, 0) is 76.9 Å². The van der Waals surface area contributed by atoms with Crippen molar-refractivity contribution in [3.05, 3.63) is 176 Å². The average Bonchev–Trinajstić information content (AvgIpc) is 3.46. The third-order valence-electron chi connectivity index (χ3n) is 8.36. The lowest BCUT2D eigenvalue weighted by Crippen LogP contribution is -2.11. The topological polar surface area (TPSA) is 15.3 Å². The molecule has 3 heteroatoms. The maximum Gasteiger partial charge on any atom is 0.0548 e. The predicted octanol–water partition coefficient (Wildman–Crippen LogP) is 12.4. The van der Waals surface area contributed by atoms with Crippen LogP contribution in [-0.2, 0) is 0 Å². The van der Waals surface area contributed by atoms with Gasteiger partial charge in [0.25, 0.3) is 0 Å². The summed E-state index contributed by atoms with van der Waals surface area (Å²) in [5.74, 6) is 0. The number of rotatable bonds is 5. The smallest absolute Gasteiger partial charge is 0.0548 e. The summed E-state index contributed by atoms with van der Waals surface area (Å²) in [4.78, 5) is 2.26. The van der Waals surface area contributed by atoms with Crippen LogP contribution in [0.25, 0.3) is 48.0 Å². The first-order chi connectivity index (χ1) is 22.2. The van der Waals surface area contributed by atoms with E-state index in [0.29, 0.717) is 0 Å². The van der Waals surface area contributed by atoms with Gasteiger partial charge in [0.05, 0.1) is 5.69 Å². The van der Waals surface area contributed by atoms with Crippen LogP contribution in [0.1, 0.15) is 5.56 Å². The van der Waals surface area contributed by atoms with Crippen molar-refractivity contribution in [1.82, 2.24) is 0 Å². The number of hydrogen-bond donors (Lipinski definition) is 1. The Labute approximate surface area is 267 Å². The van der Waals surface area contributed by atoms with Crippen molar-refractivity contribution in [3.8, 4) is 22.3 Å². The SMILES string of the molecule is C=C1/C=C\C=C/N(c2ccccc2)c2ccc3c(sc4ccc(-c5cccc(Nc6ccccc6-c6ccccc6)c5)cc43)c21. The lowest BCUT2D eigenvalue weighted by molar-refractivity contribution is 1.28. The molecule has 1 aliphatic rings. The first-order valence-electron chi connectivity index (χ1n) is 15.1. The molecule has 0 aliphatic carbocycles. The molecule has 0 unspecified atom stereocenters. The van der Waals surface area contributed by atoms with Crippen LogP contribution in [0.2, 0.25) is 0 Å². The molecular weight excluding hydrogens is 565 g/mol. The van der Waals surface area contributed by atoms with Gasteiger partial charge in [0.15, 0.2) is 0 Å². The summed E-state index contributed by atoms with van der Waals surface area (Å²) in [5.41, 5.74) is 11.4. The molecule has 0 atom stereocenters. The maximum atomic E-state index is 4.49. The Balaban J connectivity index is 1.19. The van der Waals surface area contributed by atoms with E-state index in [1.165, 1.54) is 48.0 Å². The molecule has 214 valence electrons. The van der Waals surface area contributed by atoms with Crippen LogP contribution in [0.4, 0.5) is 22.7 Å². The zero-order valence-corrected chi connectivity index (χ0v) is 25.5. The molecule has 0 radical (unpaired) electrons. The molecule has 0 bridgehead atoms. The van der Waals surface area contributed by atoms with E-state index in [2.05, 4.69) is 181 Å². The molecule has 2 heterocycles. The molecule has 45 heavy (non-hydrogen) atoms. The zero-order valence-electron chi connectivity index (χ0n) is 24.7. The van der Waals surface area contributed by atoms with Crippen LogP contribution < -0.4 is 10.2 Å². The highest BCUT2D eigenvalue weighted by molar-refractivity contribution is 7.26. The summed E-state index contributed by atoms with van der Waals surface area (Å²) in [5, 5.41) is 6.21. The number of nitrogens with zero attached hydrogens (tertiary/aromatic N) is 1. The van der Waals surface area contributed by atoms with Gasteiger partial charge >= 0.3 is 0 Å². The van der Waals surface area contributed by atoms with Gasteiger partial charge in [0.1, 0.15) is 0 Å². The summed E-state index contributed by atoms with van der Waals surface area (Å²) in [6.07, 6.45) is 8.39. The third-order valence-corrected chi connectivity index (χ3v) is 9.57. The molecule has 1 N–H and O–H groups in total. The van der Waals surface area contributed by atoms with Gasteiger partial charge < -0.3 is 10.2 Å². The second-order valence-electron chi connectivity index (χ2n) is 11.2. The number of anilines is 4. The molecule has 0 amide bonds. The van der Waals surface area contributed by atoms with E-state index in [-0.39, 0.29) is 0 Å². The quantitative estimate of drug-likeness (QED) is 0.213.